The van der Waals surface area contributed by atoms with Gasteiger partial charge in [-0.1, -0.05) is 13.0 Å². The molecule has 5 heteroatoms. The van der Waals surface area contributed by atoms with Crippen LogP contribution < -0.4 is 0 Å². The first-order chi connectivity index (χ1) is 9.60. The summed E-state index contributed by atoms with van der Waals surface area (Å²) in [7, 11) is 0. The highest BCUT2D eigenvalue weighted by Gasteiger charge is 2.19. The molecule has 1 saturated heterocycles. The van der Waals surface area contributed by atoms with Gasteiger partial charge in [0.2, 0.25) is 0 Å². The molecule has 20 heavy (non-hydrogen) atoms. The number of hydrogen-bond donors (Lipinski definition) is 1. The highest BCUT2D eigenvalue weighted by atomic mass is 19.1. The van der Waals surface area contributed by atoms with Gasteiger partial charge in [0, 0.05) is 32.7 Å². The van der Waals surface area contributed by atoms with E-state index in [9.17, 15) is 9.18 Å². The van der Waals surface area contributed by atoms with Gasteiger partial charge in [0.25, 0.3) is 0 Å². The van der Waals surface area contributed by atoms with Gasteiger partial charge < -0.3 is 10.0 Å². The Morgan fingerprint density at radius 1 is 1.25 bits per heavy atom. The quantitative estimate of drug-likeness (QED) is 0.896. The van der Waals surface area contributed by atoms with Crippen LogP contribution in [0, 0.1) is 5.82 Å². The average molecular weight is 280 g/mol. The lowest BCUT2D eigenvalue weighted by molar-refractivity contribution is 0.0692. The number of aromatic carboxylic acids is 1. The normalized spacial score (nSPS) is 17.3. The van der Waals surface area contributed by atoms with Crippen LogP contribution in [0.1, 0.15) is 29.3 Å². The smallest absolute Gasteiger partial charge is 0.336 e. The summed E-state index contributed by atoms with van der Waals surface area (Å²) in [6.07, 6.45) is 1.15. The van der Waals surface area contributed by atoms with Crippen molar-refractivity contribution in [1.82, 2.24) is 9.80 Å². The largest absolute Gasteiger partial charge is 0.478 e. The second-order valence-electron chi connectivity index (χ2n) is 5.22. The molecule has 0 radical (unpaired) electrons. The molecule has 1 aromatic carbocycles. The third-order valence-corrected chi connectivity index (χ3v) is 3.70. The van der Waals surface area contributed by atoms with Gasteiger partial charge >= 0.3 is 5.97 Å². The number of nitrogens with zero attached hydrogens (tertiary/aromatic N) is 2. The molecule has 1 fully saturated rings. The Hall–Kier alpha value is -1.46. The van der Waals surface area contributed by atoms with Crippen LogP contribution in [0.25, 0.3) is 0 Å². The van der Waals surface area contributed by atoms with Crippen molar-refractivity contribution in [2.45, 2.75) is 19.9 Å². The Bertz CT molecular complexity index is 471. The Kier molecular flexibility index (Phi) is 5.09. The van der Waals surface area contributed by atoms with Crippen LogP contribution in [0.3, 0.4) is 0 Å². The Balaban J connectivity index is 1.99. The van der Waals surface area contributed by atoms with Gasteiger partial charge in [-0.25, -0.2) is 9.18 Å². The minimum Gasteiger partial charge on any atom is -0.478 e. The zero-order valence-corrected chi connectivity index (χ0v) is 11.8. The van der Waals surface area contributed by atoms with Crippen molar-refractivity contribution in [3.8, 4) is 0 Å². The van der Waals surface area contributed by atoms with E-state index in [0.717, 1.165) is 45.2 Å². The molecule has 0 atom stereocenters. The lowest BCUT2D eigenvalue weighted by atomic mass is 10.1. The van der Waals surface area contributed by atoms with Crippen LogP contribution in [0.4, 0.5) is 4.39 Å². The molecular formula is C15H21FN2O2. The molecule has 0 spiro atoms. The first-order valence-corrected chi connectivity index (χ1v) is 7.06. The van der Waals surface area contributed by atoms with E-state index in [-0.39, 0.29) is 5.56 Å². The zero-order valence-electron chi connectivity index (χ0n) is 11.8. The van der Waals surface area contributed by atoms with E-state index in [4.69, 9.17) is 5.11 Å². The van der Waals surface area contributed by atoms with Gasteiger partial charge in [0.1, 0.15) is 5.82 Å². The van der Waals surface area contributed by atoms with Crippen molar-refractivity contribution in [3.63, 3.8) is 0 Å². The van der Waals surface area contributed by atoms with Crippen molar-refractivity contribution >= 4 is 5.97 Å². The number of rotatable bonds is 5. The summed E-state index contributed by atoms with van der Waals surface area (Å²) < 4.78 is 13.1. The third-order valence-electron chi connectivity index (χ3n) is 3.70. The second kappa shape index (κ2) is 6.81. The predicted octanol–water partition coefficient (Wildman–Crippen LogP) is 2.05. The standard InChI is InChI=1S/C15H21FN2O2/c1-2-5-17-6-8-18(9-7-17)11-12-3-4-13(16)10-14(12)15(19)20/h3-4,10H,2,5-9,11H2,1H3,(H,19,20). The van der Waals surface area contributed by atoms with Crippen LogP contribution >= 0.6 is 0 Å². The van der Waals surface area contributed by atoms with E-state index < -0.39 is 11.8 Å². The minimum absolute atomic E-state index is 0.0704. The molecule has 0 amide bonds. The molecule has 1 aromatic rings. The molecule has 0 bridgehead atoms. The third kappa shape index (κ3) is 3.77. The number of carboxylic acids is 1. The topological polar surface area (TPSA) is 43.8 Å². The lowest BCUT2D eigenvalue weighted by Gasteiger charge is -2.34. The summed E-state index contributed by atoms with van der Waals surface area (Å²) in [5.41, 5.74) is 0.754. The van der Waals surface area contributed by atoms with Gasteiger partial charge in [-0.15, -0.1) is 0 Å². The Morgan fingerprint density at radius 3 is 2.50 bits per heavy atom. The summed E-state index contributed by atoms with van der Waals surface area (Å²) >= 11 is 0. The molecule has 0 aromatic heterocycles. The lowest BCUT2D eigenvalue weighted by Crippen LogP contribution is -2.46. The van der Waals surface area contributed by atoms with Gasteiger partial charge in [-0.3, -0.25) is 4.90 Å². The van der Waals surface area contributed by atoms with Crippen molar-refractivity contribution in [2.24, 2.45) is 0 Å². The highest BCUT2D eigenvalue weighted by molar-refractivity contribution is 5.89. The van der Waals surface area contributed by atoms with E-state index in [1.165, 1.54) is 6.07 Å². The van der Waals surface area contributed by atoms with Crippen LogP contribution in [0.2, 0.25) is 0 Å². The van der Waals surface area contributed by atoms with Crippen molar-refractivity contribution in [1.29, 1.82) is 0 Å². The second-order valence-corrected chi connectivity index (χ2v) is 5.22. The monoisotopic (exact) mass is 280 g/mol. The van der Waals surface area contributed by atoms with Crippen LogP contribution in [-0.4, -0.2) is 53.6 Å². The van der Waals surface area contributed by atoms with Gasteiger partial charge in [0.05, 0.1) is 5.56 Å². The molecular weight excluding hydrogens is 259 g/mol. The fourth-order valence-corrected chi connectivity index (χ4v) is 2.61. The van der Waals surface area contributed by atoms with Crippen molar-refractivity contribution in [2.75, 3.05) is 32.7 Å². The molecule has 0 aliphatic carbocycles. The zero-order chi connectivity index (χ0) is 14.5. The predicted molar refractivity (Wildman–Crippen MR) is 75.4 cm³/mol. The fourth-order valence-electron chi connectivity index (χ4n) is 2.61. The molecule has 4 nitrogen and oxygen atoms in total. The molecule has 2 rings (SSSR count). The van der Waals surface area contributed by atoms with E-state index in [1.54, 1.807) is 6.07 Å². The fraction of sp³-hybridized carbons (Fsp3) is 0.533. The first kappa shape index (κ1) is 14.9. The van der Waals surface area contributed by atoms with Crippen molar-refractivity contribution in [3.05, 3.63) is 35.1 Å². The van der Waals surface area contributed by atoms with Gasteiger partial charge in [-0.2, -0.15) is 0 Å². The summed E-state index contributed by atoms with van der Waals surface area (Å²) in [5.74, 6) is -1.57. The van der Waals surface area contributed by atoms with Crippen LogP contribution in [0.5, 0.6) is 0 Å². The van der Waals surface area contributed by atoms with E-state index in [1.807, 2.05) is 0 Å². The number of piperazine rings is 1. The van der Waals surface area contributed by atoms with Crippen molar-refractivity contribution < 1.29 is 14.3 Å². The number of carbonyl (C=O) groups is 1. The number of benzene rings is 1. The maximum Gasteiger partial charge on any atom is 0.336 e. The van der Waals surface area contributed by atoms with Gasteiger partial charge in [-0.05, 0) is 30.7 Å². The highest BCUT2D eigenvalue weighted by Crippen LogP contribution is 2.15. The minimum atomic E-state index is -1.07. The molecule has 1 N–H and O–H groups in total. The molecule has 0 unspecified atom stereocenters. The Morgan fingerprint density at radius 2 is 1.90 bits per heavy atom. The number of carboxylic acid groups (broad SMARTS) is 1. The van der Waals surface area contributed by atoms with E-state index >= 15 is 0 Å². The SMILES string of the molecule is CCCN1CCN(Cc2ccc(F)cc2C(=O)O)CC1. The van der Waals surface area contributed by atoms with Crippen LogP contribution in [-0.2, 0) is 6.54 Å². The van der Waals surface area contributed by atoms with E-state index in [2.05, 4.69) is 16.7 Å². The van der Waals surface area contributed by atoms with E-state index in [0.29, 0.717) is 12.1 Å². The number of halogens is 1. The molecule has 1 aliphatic heterocycles. The Labute approximate surface area is 118 Å². The molecule has 110 valence electrons. The van der Waals surface area contributed by atoms with Crippen LogP contribution in [0.15, 0.2) is 18.2 Å². The maximum absolute atomic E-state index is 13.1. The molecule has 1 aliphatic rings. The summed E-state index contributed by atoms with van der Waals surface area (Å²) in [6.45, 7) is 7.73. The first-order valence-electron chi connectivity index (χ1n) is 7.06. The molecule has 1 heterocycles. The summed E-state index contributed by atoms with van der Waals surface area (Å²) in [6, 6.07) is 4.01. The number of hydrogen-bond acceptors (Lipinski definition) is 3. The molecule has 0 saturated carbocycles. The van der Waals surface area contributed by atoms with Gasteiger partial charge in [0.15, 0.2) is 0 Å². The summed E-state index contributed by atoms with van der Waals surface area (Å²) in [5, 5.41) is 9.14. The average Bonchev–Trinajstić information content (AvgIpc) is 2.43. The maximum atomic E-state index is 13.1. The summed E-state index contributed by atoms with van der Waals surface area (Å²) in [4.78, 5) is 15.8.